The van der Waals surface area contributed by atoms with Crippen molar-refractivity contribution < 1.29 is 4.74 Å². The topological polar surface area (TPSA) is 21.3 Å². The third-order valence-corrected chi connectivity index (χ3v) is 2.26. The van der Waals surface area contributed by atoms with Gasteiger partial charge in [-0.3, -0.25) is 0 Å². The van der Waals surface area contributed by atoms with Crippen LogP contribution < -0.4 is 10.1 Å². The molecule has 1 N–H and O–H groups in total. The van der Waals surface area contributed by atoms with Crippen LogP contribution in [-0.4, -0.2) is 19.7 Å². The Bertz CT molecular complexity index is 327. The van der Waals surface area contributed by atoms with Crippen LogP contribution in [0.3, 0.4) is 0 Å². The first-order chi connectivity index (χ1) is 7.76. The van der Waals surface area contributed by atoms with E-state index in [2.05, 4.69) is 37.4 Å². The van der Waals surface area contributed by atoms with E-state index in [4.69, 9.17) is 4.74 Å². The highest BCUT2D eigenvalue weighted by Crippen LogP contribution is 2.14. The largest absolute Gasteiger partial charge is 0.494 e. The van der Waals surface area contributed by atoms with E-state index in [1.807, 2.05) is 19.1 Å². The van der Waals surface area contributed by atoms with E-state index in [9.17, 15) is 0 Å². The first-order valence-corrected chi connectivity index (χ1v) is 5.87. The first-order valence-electron chi connectivity index (χ1n) is 5.87. The smallest absolute Gasteiger partial charge is 0.119 e. The lowest BCUT2D eigenvalue weighted by atomic mass is 10.1. The van der Waals surface area contributed by atoms with Crippen LogP contribution >= 0.6 is 0 Å². The molecule has 0 aliphatic rings. The number of hydrogen-bond acceptors (Lipinski definition) is 2. The van der Waals surface area contributed by atoms with Crippen molar-refractivity contribution in [3.63, 3.8) is 0 Å². The summed E-state index contributed by atoms with van der Waals surface area (Å²) in [7, 11) is 0. The second kappa shape index (κ2) is 7.07. The highest BCUT2D eigenvalue weighted by atomic mass is 16.5. The Balaban J connectivity index is 2.59. The van der Waals surface area contributed by atoms with Gasteiger partial charge in [0, 0.05) is 6.54 Å². The molecular formula is C14H21NO. The molecule has 0 bridgehead atoms. The molecule has 0 heterocycles. The standard InChI is InChI=1S/C14H21NO/c1-4-15-11-12(3)10-13-6-8-14(9-7-13)16-5-2/h6-10,15H,4-5,11H2,1-3H3. The van der Waals surface area contributed by atoms with Gasteiger partial charge in [-0.2, -0.15) is 0 Å². The van der Waals surface area contributed by atoms with Crippen molar-refractivity contribution in [3.05, 3.63) is 35.4 Å². The van der Waals surface area contributed by atoms with Crippen LogP contribution in [0.4, 0.5) is 0 Å². The molecule has 0 amide bonds. The molecule has 0 saturated heterocycles. The van der Waals surface area contributed by atoms with Crippen molar-refractivity contribution >= 4 is 6.08 Å². The van der Waals surface area contributed by atoms with E-state index in [1.165, 1.54) is 11.1 Å². The minimum atomic E-state index is 0.717. The molecule has 0 fully saturated rings. The highest BCUT2D eigenvalue weighted by Gasteiger charge is 1.93. The quantitative estimate of drug-likeness (QED) is 0.793. The summed E-state index contributed by atoms with van der Waals surface area (Å²) in [6.45, 7) is 8.92. The summed E-state index contributed by atoms with van der Waals surface area (Å²) in [6.07, 6.45) is 2.19. The zero-order valence-electron chi connectivity index (χ0n) is 10.4. The maximum absolute atomic E-state index is 5.40. The summed E-state index contributed by atoms with van der Waals surface area (Å²) >= 11 is 0. The van der Waals surface area contributed by atoms with Crippen LogP contribution in [0.5, 0.6) is 5.75 Å². The Labute approximate surface area is 98.3 Å². The molecule has 1 aromatic rings. The molecule has 0 aliphatic heterocycles. The van der Waals surface area contributed by atoms with Gasteiger partial charge < -0.3 is 10.1 Å². The molecular weight excluding hydrogens is 198 g/mol. The molecule has 2 heteroatoms. The van der Waals surface area contributed by atoms with Crippen molar-refractivity contribution in [3.8, 4) is 5.75 Å². The third-order valence-electron chi connectivity index (χ3n) is 2.26. The minimum absolute atomic E-state index is 0.717. The molecule has 0 radical (unpaired) electrons. The highest BCUT2D eigenvalue weighted by molar-refractivity contribution is 5.53. The first kappa shape index (κ1) is 12.8. The molecule has 88 valence electrons. The molecule has 0 aliphatic carbocycles. The fourth-order valence-electron chi connectivity index (χ4n) is 1.48. The van der Waals surface area contributed by atoms with Crippen molar-refractivity contribution in [1.29, 1.82) is 0 Å². The summed E-state index contributed by atoms with van der Waals surface area (Å²) in [4.78, 5) is 0. The summed E-state index contributed by atoms with van der Waals surface area (Å²) in [6, 6.07) is 8.19. The van der Waals surface area contributed by atoms with Gasteiger partial charge in [-0.1, -0.05) is 30.7 Å². The molecule has 0 saturated carbocycles. The minimum Gasteiger partial charge on any atom is -0.494 e. The average Bonchev–Trinajstić information content (AvgIpc) is 2.29. The zero-order chi connectivity index (χ0) is 11.8. The van der Waals surface area contributed by atoms with Gasteiger partial charge in [-0.25, -0.2) is 0 Å². The van der Waals surface area contributed by atoms with Crippen LogP contribution in [-0.2, 0) is 0 Å². The Kier molecular flexibility index (Phi) is 5.65. The lowest BCUT2D eigenvalue weighted by Crippen LogP contribution is -2.14. The van der Waals surface area contributed by atoms with Crippen molar-refractivity contribution in [2.75, 3.05) is 19.7 Å². The summed E-state index contributed by atoms with van der Waals surface area (Å²) < 4.78 is 5.40. The van der Waals surface area contributed by atoms with Gasteiger partial charge in [0.1, 0.15) is 5.75 Å². The van der Waals surface area contributed by atoms with Gasteiger partial charge in [0.05, 0.1) is 6.61 Å². The fourth-order valence-corrected chi connectivity index (χ4v) is 1.48. The number of likely N-dealkylation sites (N-methyl/N-ethyl adjacent to an activating group) is 1. The van der Waals surface area contributed by atoms with Crippen LogP contribution in [0, 0.1) is 0 Å². The van der Waals surface area contributed by atoms with Gasteiger partial charge in [-0.15, -0.1) is 0 Å². The zero-order valence-corrected chi connectivity index (χ0v) is 10.4. The maximum Gasteiger partial charge on any atom is 0.119 e. The van der Waals surface area contributed by atoms with E-state index in [1.54, 1.807) is 0 Å². The van der Waals surface area contributed by atoms with Gasteiger partial charge in [0.2, 0.25) is 0 Å². The SMILES string of the molecule is CCNCC(C)=Cc1ccc(OCC)cc1. The van der Waals surface area contributed by atoms with Crippen LogP contribution in [0.15, 0.2) is 29.8 Å². The Hall–Kier alpha value is -1.28. The Morgan fingerprint density at radius 1 is 1.25 bits per heavy atom. The van der Waals surface area contributed by atoms with Crippen LogP contribution in [0.25, 0.3) is 6.08 Å². The lowest BCUT2D eigenvalue weighted by molar-refractivity contribution is 0.340. The molecule has 1 aromatic carbocycles. The molecule has 0 unspecified atom stereocenters. The summed E-state index contributed by atoms with van der Waals surface area (Å²) in [5.41, 5.74) is 2.56. The van der Waals surface area contributed by atoms with Crippen molar-refractivity contribution in [1.82, 2.24) is 5.32 Å². The lowest BCUT2D eigenvalue weighted by Gasteiger charge is -2.04. The second-order valence-corrected chi connectivity index (χ2v) is 3.77. The predicted molar refractivity (Wildman–Crippen MR) is 69.8 cm³/mol. The average molecular weight is 219 g/mol. The molecule has 2 nitrogen and oxygen atoms in total. The van der Waals surface area contributed by atoms with Crippen LogP contribution in [0.2, 0.25) is 0 Å². The maximum atomic E-state index is 5.40. The Morgan fingerprint density at radius 2 is 1.94 bits per heavy atom. The van der Waals surface area contributed by atoms with E-state index in [0.29, 0.717) is 6.61 Å². The van der Waals surface area contributed by atoms with Gasteiger partial charge in [-0.05, 0) is 38.1 Å². The van der Waals surface area contributed by atoms with E-state index < -0.39 is 0 Å². The molecule has 0 spiro atoms. The monoisotopic (exact) mass is 219 g/mol. The summed E-state index contributed by atoms with van der Waals surface area (Å²) in [5, 5.41) is 3.31. The fraction of sp³-hybridized carbons (Fsp3) is 0.429. The number of benzene rings is 1. The number of rotatable bonds is 6. The Morgan fingerprint density at radius 3 is 2.50 bits per heavy atom. The predicted octanol–water partition coefficient (Wildman–Crippen LogP) is 3.10. The van der Waals surface area contributed by atoms with E-state index >= 15 is 0 Å². The van der Waals surface area contributed by atoms with Gasteiger partial charge in [0.15, 0.2) is 0 Å². The molecule has 0 atom stereocenters. The number of nitrogens with one attached hydrogen (secondary N) is 1. The normalized spacial score (nSPS) is 11.6. The van der Waals surface area contributed by atoms with E-state index in [-0.39, 0.29) is 0 Å². The summed E-state index contributed by atoms with van der Waals surface area (Å²) in [5.74, 6) is 0.934. The number of hydrogen-bond donors (Lipinski definition) is 1. The van der Waals surface area contributed by atoms with Crippen molar-refractivity contribution in [2.24, 2.45) is 0 Å². The van der Waals surface area contributed by atoms with E-state index in [0.717, 1.165) is 18.8 Å². The second-order valence-electron chi connectivity index (χ2n) is 3.77. The van der Waals surface area contributed by atoms with Crippen molar-refractivity contribution in [2.45, 2.75) is 20.8 Å². The molecule has 1 rings (SSSR count). The molecule has 16 heavy (non-hydrogen) atoms. The molecule has 0 aromatic heterocycles. The van der Waals surface area contributed by atoms with Gasteiger partial charge >= 0.3 is 0 Å². The number of ether oxygens (including phenoxy) is 1. The third kappa shape index (κ3) is 4.49. The van der Waals surface area contributed by atoms with Crippen LogP contribution in [0.1, 0.15) is 26.3 Å². The van der Waals surface area contributed by atoms with Gasteiger partial charge in [0.25, 0.3) is 0 Å².